The largest absolute Gasteiger partial charge is 0.480 e. The Morgan fingerprint density at radius 2 is 1.86 bits per heavy atom. The average Bonchev–Trinajstić information content (AvgIpc) is 2.43. The fraction of sp³-hybridized carbons (Fsp3) is 0.714. The molecule has 7 nitrogen and oxygen atoms in total. The molecule has 1 aromatic heterocycles. The van der Waals surface area contributed by atoms with Gasteiger partial charge in [0.1, 0.15) is 11.9 Å². The van der Waals surface area contributed by atoms with Gasteiger partial charge in [0.05, 0.1) is 0 Å². The van der Waals surface area contributed by atoms with Gasteiger partial charge in [0, 0.05) is 20.0 Å². The maximum Gasteiger partial charge on any atom is 0.326 e. The van der Waals surface area contributed by atoms with E-state index in [0.717, 1.165) is 6.42 Å². The Labute approximate surface area is 125 Å². The highest BCUT2D eigenvalue weighted by molar-refractivity contribution is 5.76. The minimum Gasteiger partial charge on any atom is -0.480 e. The van der Waals surface area contributed by atoms with Crippen LogP contribution in [0.1, 0.15) is 45.9 Å². The normalized spacial score (nSPS) is 13.9. The summed E-state index contributed by atoms with van der Waals surface area (Å²) < 4.78 is 0. The fourth-order valence-electron chi connectivity index (χ4n) is 1.73. The average molecular weight is 295 g/mol. The third kappa shape index (κ3) is 4.54. The molecule has 7 heteroatoms. The fourth-order valence-corrected chi connectivity index (χ4v) is 1.73. The number of aliphatic carboxylic acids is 1. The molecular weight excluding hydrogens is 270 g/mol. The number of carboxylic acid groups (broad SMARTS) is 1. The van der Waals surface area contributed by atoms with Crippen LogP contribution in [-0.4, -0.2) is 46.2 Å². The number of rotatable bonds is 7. The third-order valence-corrected chi connectivity index (χ3v) is 3.32. The number of nitrogens with zero attached hydrogens (tertiary/aromatic N) is 4. The third-order valence-electron chi connectivity index (χ3n) is 3.32. The molecule has 21 heavy (non-hydrogen) atoms. The van der Waals surface area contributed by atoms with E-state index in [1.54, 1.807) is 4.90 Å². The Hall–Kier alpha value is -1.92. The van der Waals surface area contributed by atoms with Crippen molar-refractivity contribution in [2.24, 2.45) is 5.92 Å². The summed E-state index contributed by atoms with van der Waals surface area (Å²) in [6, 6.07) is -0.715. The first-order chi connectivity index (χ1) is 9.76. The smallest absolute Gasteiger partial charge is 0.326 e. The molecule has 0 bridgehead atoms. The summed E-state index contributed by atoms with van der Waals surface area (Å²) >= 11 is 0. The Bertz CT molecular complexity index is 464. The predicted molar refractivity (Wildman–Crippen MR) is 82.7 cm³/mol. The molecule has 0 fully saturated rings. The van der Waals surface area contributed by atoms with Gasteiger partial charge in [-0.05, 0) is 5.92 Å². The van der Waals surface area contributed by atoms with Gasteiger partial charge < -0.3 is 15.3 Å². The molecule has 0 aliphatic carbocycles. The second kappa shape index (κ2) is 7.19. The van der Waals surface area contributed by atoms with E-state index in [-0.39, 0.29) is 11.8 Å². The van der Waals surface area contributed by atoms with Crippen molar-refractivity contribution in [2.45, 2.75) is 46.1 Å². The van der Waals surface area contributed by atoms with E-state index >= 15 is 0 Å². The van der Waals surface area contributed by atoms with Gasteiger partial charge in [-0.1, -0.05) is 34.1 Å². The molecule has 1 heterocycles. The number of nitrogens with one attached hydrogen (secondary N) is 1. The molecule has 0 spiro atoms. The highest BCUT2D eigenvalue weighted by Gasteiger charge is 2.25. The summed E-state index contributed by atoms with van der Waals surface area (Å²) in [7, 11) is 3.68. The lowest BCUT2D eigenvalue weighted by molar-refractivity contribution is -0.139. The van der Waals surface area contributed by atoms with Crippen LogP contribution in [0.5, 0.6) is 0 Å². The summed E-state index contributed by atoms with van der Waals surface area (Å²) in [5.74, 6) is 0.685. The molecular formula is C14H25N5O2. The molecule has 2 atom stereocenters. The highest BCUT2D eigenvalue weighted by Crippen LogP contribution is 2.18. The standard InChI is InChI=1S/C14H25N5O2/c1-7-9(4)10(12(20)21)15-13-16-11(8(2)3)17-14(18-13)19(5)6/h8-10H,7H2,1-6H3,(H,20,21)(H,15,16,17,18)/t9-,10-/m0/s1. The summed E-state index contributed by atoms with van der Waals surface area (Å²) in [5.41, 5.74) is 0. The van der Waals surface area contributed by atoms with Crippen LogP contribution in [0.4, 0.5) is 11.9 Å². The number of hydrogen-bond acceptors (Lipinski definition) is 6. The van der Waals surface area contributed by atoms with E-state index in [9.17, 15) is 9.90 Å². The van der Waals surface area contributed by atoms with E-state index in [2.05, 4.69) is 20.3 Å². The van der Waals surface area contributed by atoms with Crippen LogP contribution >= 0.6 is 0 Å². The quantitative estimate of drug-likeness (QED) is 0.794. The zero-order chi connectivity index (χ0) is 16.2. The van der Waals surface area contributed by atoms with Crippen LogP contribution in [0.25, 0.3) is 0 Å². The minimum atomic E-state index is -0.901. The Morgan fingerprint density at radius 1 is 1.24 bits per heavy atom. The summed E-state index contributed by atoms with van der Waals surface area (Å²) in [4.78, 5) is 26.2. The number of carbonyl (C=O) groups is 1. The van der Waals surface area contributed by atoms with Crippen molar-refractivity contribution in [1.82, 2.24) is 15.0 Å². The van der Waals surface area contributed by atoms with Crippen molar-refractivity contribution in [3.05, 3.63) is 5.82 Å². The first-order valence-corrected chi connectivity index (χ1v) is 7.18. The first-order valence-electron chi connectivity index (χ1n) is 7.18. The summed E-state index contributed by atoms with van der Waals surface area (Å²) in [6.07, 6.45) is 0.757. The van der Waals surface area contributed by atoms with Gasteiger partial charge in [-0.3, -0.25) is 0 Å². The SMILES string of the molecule is CC[C@H](C)[C@H](Nc1nc(C(C)C)nc(N(C)C)n1)C(=O)O. The Balaban J connectivity index is 3.13. The van der Waals surface area contributed by atoms with Crippen LogP contribution < -0.4 is 10.2 Å². The maximum atomic E-state index is 11.4. The molecule has 0 unspecified atom stereocenters. The minimum absolute atomic E-state index is 0.0235. The van der Waals surface area contributed by atoms with Gasteiger partial charge in [0.15, 0.2) is 0 Å². The van der Waals surface area contributed by atoms with Gasteiger partial charge >= 0.3 is 5.97 Å². The summed E-state index contributed by atoms with van der Waals surface area (Å²) in [6.45, 7) is 7.83. The van der Waals surface area contributed by atoms with Crippen molar-refractivity contribution >= 4 is 17.9 Å². The molecule has 2 N–H and O–H groups in total. The van der Waals surface area contributed by atoms with Crippen LogP contribution in [0.2, 0.25) is 0 Å². The van der Waals surface area contributed by atoms with Crippen LogP contribution in [-0.2, 0) is 4.79 Å². The lowest BCUT2D eigenvalue weighted by Gasteiger charge is -2.21. The number of carboxylic acids is 1. The van der Waals surface area contributed by atoms with Crippen molar-refractivity contribution in [1.29, 1.82) is 0 Å². The Morgan fingerprint density at radius 3 is 2.29 bits per heavy atom. The van der Waals surface area contributed by atoms with E-state index in [1.165, 1.54) is 0 Å². The van der Waals surface area contributed by atoms with Crippen molar-refractivity contribution < 1.29 is 9.90 Å². The van der Waals surface area contributed by atoms with Gasteiger partial charge in [0.2, 0.25) is 11.9 Å². The molecule has 0 saturated heterocycles. The predicted octanol–water partition coefficient (Wildman–Crippen LogP) is 1.97. The molecule has 0 amide bonds. The van der Waals surface area contributed by atoms with Gasteiger partial charge in [-0.2, -0.15) is 15.0 Å². The van der Waals surface area contributed by atoms with E-state index < -0.39 is 12.0 Å². The number of anilines is 2. The lowest BCUT2D eigenvalue weighted by atomic mass is 9.99. The highest BCUT2D eigenvalue weighted by atomic mass is 16.4. The van der Waals surface area contributed by atoms with Crippen molar-refractivity contribution in [3.8, 4) is 0 Å². The molecule has 0 aromatic carbocycles. The molecule has 0 radical (unpaired) electrons. The van der Waals surface area contributed by atoms with Crippen LogP contribution in [0.3, 0.4) is 0 Å². The lowest BCUT2D eigenvalue weighted by Crippen LogP contribution is -2.36. The first kappa shape index (κ1) is 17.1. The Kier molecular flexibility index (Phi) is 5.87. The second-order valence-corrected chi connectivity index (χ2v) is 5.71. The van der Waals surface area contributed by atoms with Gasteiger partial charge in [-0.25, -0.2) is 4.79 Å². The van der Waals surface area contributed by atoms with E-state index in [4.69, 9.17) is 0 Å². The number of hydrogen-bond donors (Lipinski definition) is 2. The van der Waals surface area contributed by atoms with Gasteiger partial charge in [-0.15, -0.1) is 0 Å². The van der Waals surface area contributed by atoms with Crippen LogP contribution in [0.15, 0.2) is 0 Å². The topological polar surface area (TPSA) is 91.2 Å². The molecule has 118 valence electrons. The molecule has 0 aliphatic heterocycles. The van der Waals surface area contributed by atoms with Crippen LogP contribution in [0, 0.1) is 5.92 Å². The molecule has 1 aromatic rings. The zero-order valence-electron chi connectivity index (χ0n) is 13.6. The van der Waals surface area contributed by atoms with E-state index in [0.29, 0.717) is 17.7 Å². The maximum absolute atomic E-state index is 11.4. The molecule has 1 rings (SSSR count). The van der Waals surface area contributed by atoms with Crippen molar-refractivity contribution in [3.63, 3.8) is 0 Å². The monoisotopic (exact) mass is 295 g/mol. The number of aromatic nitrogens is 3. The van der Waals surface area contributed by atoms with Crippen molar-refractivity contribution in [2.75, 3.05) is 24.3 Å². The molecule has 0 saturated carbocycles. The van der Waals surface area contributed by atoms with Gasteiger partial charge in [0.25, 0.3) is 0 Å². The zero-order valence-corrected chi connectivity index (χ0v) is 13.6. The molecule has 0 aliphatic rings. The van der Waals surface area contributed by atoms with E-state index in [1.807, 2.05) is 41.8 Å². The second-order valence-electron chi connectivity index (χ2n) is 5.71. The summed E-state index contributed by atoms with van der Waals surface area (Å²) in [5, 5.41) is 12.3.